The number of fused-ring (bicyclic) bond motifs is 1. The number of aromatic nitrogens is 3. The van der Waals surface area contributed by atoms with E-state index in [-0.39, 0.29) is 16.9 Å². The second-order valence-electron chi connectivity index (χ2n) is 8.60. The number of nitriles is 1. The van der Waals surface area contributed by atoms with Gasteiger partial charge < -0.3 is 15.7 Å². The number of anilines is 2. The minimum Gasteiger partial charge on any atom is -0.387 e. The zero-order chi connectivity index (χ0) is 25.3. The number of primary amides is 1. The average Bonchev–Trinajstić information content (AvgIpc) is 3.24. The van der Waals surface area contributed by atoms with Crippen molar-refractivity contribution in [3.05, 3.63) is 78.0 Å². The number of amides is 1. The molecule has 8 nitrogen and oxygen atoms in total. The van der Waals surface area contributed by atoms with Gasteiger partial charge in [0.15, 0.2) is 0 Å². The average molecular weight is 476 g/mol. The summed E-state index contributed by atoms with van der Waals surface area (Å²) in [6.45, 7) is 2.25. The maximum Gasteiger partial charge on any atom is 0.252 e. The lowest BCUT2D eigenvalue weighted by atomic mass is 10.0. The Balaban J connectivity index is 1.88. The largest absolute Gasteiger partial charge is 0.387 e. The molecular weight excluding hydrogens is 454 g/mol. The molecule has 35 heavy (non-hydrogen) atoms. The first kappa shape index (κ1) is 23.8. The maximum atomic E-state index is 15.1. The first-order valence-electron chi connectivity index (χ1n) is 10.6. The molecule has 0 aliphatic carbocycles. The fourth-order valence-electron chi connectivity index (χ4n) is 3.70. The number of rotatable bonds is 7. The molecule has 0 bridgehead atoms. The van der Waals surface area contributed by atoms with Gasteiger partial charge in [-0.2, -0.15) is 10.4 Å². The van der Waals surface area contributed by atoms with Crippen LogP contribution in [-0.2, 0) is 0 Å². The number of pyridine rings is 1. The van der Waals surface area contributed by atoms with Crippen LogP contribution in [0.4, 0.5) is 20.2 Å². The predicted molar refractivity (Wildman–Crippen MR) is 126 cm³/mol. The summed E-state index contributed by atoms with van der Waals surface area (Å²) in [7, 11) is 0. The quantitative estimate of drug-likeness (QED) is 0.419. The third-order valence-corrected chi connectivity index (χ3v) is 5.58. The van der Waals surface area contributed by atoms with Gasteiger partial charge in [-0.1, -0.05) is 0 Å². The van der Waals surface area contributed by atoms with Gasteiger partial charge in [0.25, 0.3) is 5.91 Å². The first-order valence-corrected chi connectivity index (χ1v) is 10.6. The van der Waals surface area contributed by atoms with E-state index < -0.39 is 30.0 Å². The number of benzene rings is 1. The summed E-state index contributed by atoms with van der Waals surface area (Å²) < 4.78 is 31.5. The molecule has 1 aromatic carbocycles. The molecule has 1 amide bonds. The Kier molecular flexibility index (Phi) is 6.20. The summed E-state index contributed by atoms with van der Waals surface area (Å²) in [4.78, 5) is 17.4. The Bertz CT molecular complexity index is 1450. The van der Waals surface area contributed by atoms with Crippen LogP contribution >= 0.6 is 0 Å². The molecule has 0 aliphatic rings. The summed E-state index contributed by atoms with van der Waals surface area (Å²) in [6, 6.07) is 12.7. The summed E-state index contributed by atoms with van der Waals surface area (Å²) >= 11 is 0. The molecule has 3 N–H and O–H groups in total. The number of nitrogens with zero attached hydrogens (tertiary/aromatic N) is 5. The summed E-state index contributed by atoms with van der Waals surface area (Å²) in [5, 5.41) is 23.6. The van der Waals surface area contributed by atoms with E-state index in [0.29, 0.717) is 22.3 Å². The van der Waals surface area contributed by atoms with Gasteiger partial charge in [0.2, 0.25) is 0 Å². The van der Waals surface area contributed by atoms with Crippen LogP contribution in [0.3, 0.4) is 0 Å². The van der Waals surface area contributed by atoms with Crippen molar-refractivity contribution < 1.29 is 18.7 Å². The maximum absolute atomic E-state index is 15.1. The Morgan fingerprint density at radius 3 is 2.71 bits per heavy atom. The van der Waals surface area contributed by atoms with E-state index in [2.05, 4.69) is 10.1 Å². The molecule has 3 heterocycles. The molecule has 0 unspecified atom stereocenters. The normalized spacial score (nSPS) is 12.3. The van der Waals surface area contributed by atoms with Crippen molar-refractivity contribution in [2.45, 2.75) is 25.6 Å². The Morgan fingerprint density at radius 2 is 2.03 bits per heavy atom. The van der Waals surface area contributed by atoms with E-state index >= 15 is 4.39 Å². The molecule has 0 spiro atoms. The van der Waals surface area contributed by atoms with Gasteiger partial charge >= 0.3 is 0 Å². The lowest BCUT2D eigenvalue weighted by Crippen LogP contribution is -2.41. The fourth-order valence-corrected chi connectivity index (χ4v) is 3.70. The van der Waals surface area contributed by atoms with E-state index in [1.807, 2.05) is 6.07 Å². The molecule has 10 heteroatoms. The highest BCUT2D eigenvalue weighted by molar-refractivity contribution is 5.99. The zero-order valence-corrected chi connectivity index (χ0v) is 19.0. The minimum atomic E-state index is -1.76. The fraction of sp³-hybridized carbons (Fsp3) is 0.200. The van der Waals surface area contributed by atoms with Gasteiger partial charge in [0.1, 0.15) is 18.1 Å². The van der Waals surface area contributed by atoms with Crippen LogP contribution in [0.25, 0.3) is 16.8 Å². The second kappa shape index (κ2) is 9.12. The molecule has 3 aromatic heterocycles. The highest BCUT2D eigenvalue weighted by Gasteiger charge is 2.31. The number of aliphatic hydroxyl groups is 1. The van der Waals surface area contributed by atoms with Gasteiger partial charge in [-0.3, -0.25) is 9.78 Å². The topological polar surface area (TPSA) is 121 Å². The van der Waals surface area contributed by atoms with Gasteiger partial charge in [-0.15, -0.1) is 0 Å². The standard InChI is InChI=1S/C25H22F2N6O2/c1-25(2,35)23(27)14-32(22-5-6-30-13-20(22)24(29)34)19-9-16(8-17(26)10-19)21-4-3-18-7-15(11-28)12-31-33(18)21/h3-10,12-13,23,35H,14H2,1-2H3,(H2,29,34)/t23-/m1/s1. The van der Waals surface area contributed by atoms with Crippen LogP contribution in [-0.4, -0.2) is 43.9 Å². The third kappa shape index (κ3) is 4.81. The van der Waals surface area contributed by atoms with Gasteiger partial charge in [0.05, 0.1) is 46.4 Å². The lowest BCUT2D eigenvalue weighted by molar-refractivity contribution is 0.00145. The van der Waals surface area contributed by atoms with Crippen LogP contribution in [0.5, 0.6) is 0 Å². The van der Waals surface area contributed by atoms with Crippen LogP contribution in [0, 0.1) is 17.1 Å². The molecule has 178 valence electrons. The van der Waals surface area contributed by atoms with Crippen molar-refractivity contribution in [2.75, 3.05) is 11.4 Å². The SMILES string of the molecule is CC(C)(O)[C@H](F)CN(c1cc(F)cc(-c2ccc3cc(C#N)cnn23)c1)c1ccncc1C(N)=O. The van der Waals surface area contributed by atoms with E-state index in [1.165, 1.54) is 55.5 Å². The summed E-state index contributed by atoms with van der Waals surface area (Å²) in [5.74, 6) is -1.40. The molecule has 4 aromatic rings. The van der Waals surface area contributed by atoms with Crippen molar-refractivity contribution in [1.82, 2.24) is 14.6 Å². The summed E-state index contributed by atoms with van der Waals surface area (Å²) in [5.41, 5.74) is 6.25. The lowest BCUT2D eigenvalue weighted by Gasteiger charge is -2.32. The molecule has 0 radical (unpaired) electrons. The van der Waals surface area contributed by atoms with Crippen LogP contribution in [0.2, 0.25) is 0 Å². The zero-order valence-electron chi connectivity index (χ0n) is 19.0. The number of nitrogens with two attached hydrogens (primary N) is 1. The number of alkyl halides is 1. The van der Waals surface area contributed by atoms with Crippen molar-refractivity contribution in [2.24, 2.45) is 5.73 Å². The number of halogens is 2. The molecule has 0 saturated heterocycles. The molecule has 0 aliphatic heterocycles. The van der Waals surface area contributed by atoms with Crippen molar-refractivity contribution in [3.8, 4) is 17.3 Å². The van der Waals surface area contributed by atoms with Gasteiger partial charge in [-0.05, 0) is 56.3 Å². The van der Waals surface area contributed by atoms with Gasteiger partial charge in [0, 0.05) is 23.6 Å². The highest BCUT2D eigenvalue weighted by Crippen LogP contribution is 2.34. The third-order valence-electron chi connectivity index (χ3n) is 5.58. The Morgan fingerprint density at radius 1 is 1.26 bits per heavy atom. The van der Waals surface area contributed by atoms with E-state index in [0.717, 1.165) is 0 Å². The monoisotopic (exact) mass is 476 g/mol. The smallest absolute Gasteiger partial charge is 0.252 e. The second-order valence-corrected chi connectivity index (χ2v) is 8.60. The molecule has 0 fully saturated rings. The van der Waals surface area contributed by atoms with E-state index in [9.17, 15) is 14.3 Å². The summed E-state index contributed by atoms with van der Waals surface area (Å²) in [6.07, 6.45) is 2.29. The number of carbonyl (C=O) groups is 1. The molecule has 4 rings (SSSR count). The predicted octanol–water partition coefficient (Wildman–Crippen LogP) is 3.75. The van der Waals surface area contributed by atoms with Crippen LogP contribution < -0.4 is 10.6 Å². The number of carbonyl (C=O) groups excluding carboxylic acids is 1. The van der Waals surface area contributed by atoms with Crippen LogP contribution in [0.15, 0.2) is 61.1 Å². The van der Waals surface area contributed by atoms with E-state index in [4.69, 9.17) is 11.0 Å². The van der Waals surface area contributed by atoms with Crippen molar-refractivity contribution in [3.63, 3.8) is 0 Å². The molecule has 1 atom stereocenters. The minimum absolute atomic E-state index is 0.0140. The molecule has 0 saturated carbocycles. The Labute approximate surface area is 199 Å². The van der Waals surface area contributed by atoms with Crippen molar-refractivity contribution in [1.29, 1.82) is 5.26 Å². The Hall–Kier alpha value is -4.36. The number of hydrogen-bond donors (Lipinski definition) is 2. The molecular formula is C25H22F2N6O2. The number of hydrogen-bond acceptors (Lipinski definition) is 6. The van der Waals surface area contributed by atoms with Crippen LogP contribution in [0.1, 0.15) is 29.8 Å². The van der Waals surface area contributed by atoms with E-state index in [1.54, 1.807) is 28.8 Å². The van der Waals surface area contributed by atoms with Gasteiger partial charge in [-0.25, -0.2) is 13.3 Å². The highest BCUT2D eigenvalue weighted by atomic mass is 19.1. The first-order chi connectivity index (χ1) is 16.6. The van der Waals surface area contributed by atoms with Crippen molar-refractivity contribution >= 4 is 22.8 Å².